The molecule has 0 saturated heterocycles. The Kier molecular flexibility index (Phi) is 8.42. The number of amides is 2. The van der Waals surface area contributed by atoms with Gasteiger partial charge in [0.1, 0.15) is 6.04 Å². The summed E-state index contributed by atoms with van der Waals surface area (Å²) in [6, 6.07) is 4.64. The van der Waals surface area contributed by atoms with Crippen LogP contribution in [0.4, 0.5) is 0 Å². The fraction of sp³-hybridized carbons (Fsp3) is 0.529. The van der Waals surface area contributed by atoms with Crippen molar-refractivity contribution in [1.82, 2.24) is 10.2 Å². The molecule has 0 spiro atoms. The van der Waals surface area contributed by atoms with E-state index in [1.54, 1.807) is 30.0 Å². The lowest BCUT2D eigenvalue weighted by atomic mass is 10.1. The Morgan fingerprint density at radius 3 is 2.30 bits per heavy atom. The highest BCUT2D eigenvalue weighted by Gasteiger charge is 2.26. The molecule has 128 valence electrons. The van der Waals surface area contributed by atoms with E-state index in [1.165, 1.54) is 0 Å². The predicted molar refractivity (Wildman–Crippen MR) is 94.7 cm³/mol. The summed E-state index contributed by atoms with van der Waals surface area (Å²) in [5, 5.41) is 3.81. The van der Waals surface area contributed by atoms with E-state index in [0.717, 1.165) is 12.8 Å². The minimum atomic E-state index is -0.576. The van der Waals surface area contributed by atoms with Gasteiger partial charge < -0.3 is 10.2 Å². The Hall–Kier alpha value is -1.26. The molecule has 0 aromatic heterocycles. The van der Waals surface area contributed by atoms with Crippen LogP contribution in [-0.2, 0) is 16.1 Å². The van der Waals surface area contributed by atoms with Crippen molar-refractivity contribution in [2.24, 2.45) is 0 Å². The molecule has 23 heavy (non-hydrogen) atoms. The zero-order valence-corrected chi connectivity index (χ0v) is 15.4. The normalized spacial score (nSPS) is 11.9. The number of nitrogens with zero attached hydrogens (tertiary/aromatic N) is 1. The smallest absolute Gasteiger partial charge is 0.242 e. The maximum absolute atomic E-state index is 12.4. The highest BCUT2D eigenvalue weighted by molar-refractivity contribution is 6.36. The molecule has 1 rings (SSSR count). The van der Waals surface area contributed by atoms with Gasteiger partial charge in [-0.3, -0.25) is 9.59 Å². The van der Waals surface area contributed by atoms with Gasteiger partial charge >= 0.3 is 0 Å². The van der Waals surface area contributed by atoms with Crippen LogP contribution in [0.25, 0.3) is 0 Å². The molecule has 0 saturated carbocycles. The van der Waals surface area contributed by atoms with Crippen LogP contribution in [-0.4, -0.2) is 29.3 Å². The third-order valence-electron chi connectivity index (χ3n) is 3.57. The molecule has 0 unspecified atom stereocenters. The van der Waals surface area contributed by atoms with Crippen LogP contribution in [0.5, 0.6) is 0 Å². The van der Waals surface area contributed by atoms with Crippen LogP contribution in [0.15, 0.2) is 18.2 Å². The summed E-state index contributed by atoms with van der Waals surface area (Å²) in [7, 11) is 0. The Bertz CT molecular complexity index is 529. The number of carbonyl (C=O) groups excluding carboxylic acids is 2. The van der Waals surface area contributed by atoms with Crippen molar-refractivity contribution < 1.29 is 9.59 Å². The lowest BCUT2D eigenvalue weighted by molar-refractivity contribution is -0.140. The first-order chi connectivity index (χ1) is 10.9. The number of benzene rings is 1. The van der Waals surface area contributed by atoms with Gasteiger partial charge in [-0.05, 0) is 31.9 Å². The van der Waals surface area contributed by atoms with Crippen LogP contribution in [0, 0.1) is 0 Å². The van der Waals surface area contributed by atoms with Crippen molar-refractivity contribution in [3.8, 4) is 0 Å². The Balaban J connectivity index is 3.01. The molecule has 2 amide bonds. The van der Waals surface area contributed by atoms with Gasteiger partial charge in [-0.15, -0.1) is 0 Å². The van der Waals surface area contributed by atoms with Crippen LogP contribution in [0.1, 0.15) is 45.6 Å². The van der Waals surface area contributed by atoms with Crippen LogP contribution >= 0.6 is 23.2 Å². The Morgan fingerprint density at radius 1 is 1.17 bits per heavy atom. The zero-order chi connectivity index (χ0) is 17.4. The molecule has 1 aromatic carbocycles. The highest BCUT2D eigenvalue weighted by Crippen LogP contribution is 2.26. The molecule has 0 aliphatic heterocycles. The van der Waals surface area contributed by atoms with Crippen molar-refractivity contribution in [3.05, 3.63) is 33.8 Å². The summed E-state index contributed by atoms with van der Waals surface area (Å²) < 4.78 is 0. The monoisotopic (exact) mass is 358 g/mol. The first-order valence-corrected chi connectivity index (χ1v) is 8.68. The molecule has 1 N–H and O–H groups in total. The molecule has 0 bridgehead atoms. The van der Waals surface area contributed by atoms with Crippen molar-refractivity contribution in [1.29, 1.82) is 0 Å². The van der Waals surface area contributed by atoms with Crippen LogP contribution in [0.3, 0.4) is 0 Å². The SMILES string of the molecule is CCCNC(=O)[C@@H](C)N(Cc1c(Cl)cccc1Cl)C(=O)CCC. The van der Waals surface area contributed by atoms with Gasteiger partial charge in [-0.25, -0.2) is 0 Å². The van der Waals surface area contributed by atoms with Gasteiger partial charge in [-0.1, -0.05) is 43.1 Å². The molecule has 0 radical (unpaired) electrons. The molecule has 0 fully saturated rings. The van der Waals surface area contributed by atoms with E-state index in [2.05, 4.69) is 5.32 Å². The fourth-order valence-electron chi connectivity index (χ4n) is 2.19. The van der Waals surface area contributed by atoms with E-state index in [9.17, 15) is 9.59 Å². The maximum Gasteiger partial charge on any atom is 0.242 e. The minimum Gasteiger partial charge on any atom is -0.354 e. The van der Waals surface area contributed by atoms with Gasteiger partial charge in [-0.2, -0.15) is 0 Å². The third-order valence-corrected chi connectivity index (χ3v) is 4.28. The quantitative estimate of drug-likeness (QED) is 0.762. The van der Waals surface area contributed by atoms with Crippen molar-refractivity contribution >= 4 is 35.0 Å². The predicted octanol–water partition coefficient (Wildman–Crippen LogP) is 4.04. The summed E-state index contributed by atoms with van der Waals surface area (Å²) in [6.07, 6.45) is 1.94. The molecule has 1 aromatic rings. The average molecular weight is 359 g/mol. The minimum absolute atomic E-state index is 0.0809. The van der Waals surface area contributed by atoms with E-state index in [-0.39, 0.29) is 18.4 Å². The largest absolute Gasteiger partial charge is 0.354 e. The lowest BCUT2D eigenvalue weighted by Gasteiger charge is -2.29. The average Bonchev–Trinajstić information content (AvgIpc) is 2.52. The molecule has 6 heteroatoms. The second kappa shape index (κ2) is 9.78. The molecular weight excluding hydrogens is 335 g/mol. The Labute approximate surface area is 148 Å². The number of nitrogens with one attached hydrogen (secondary N) is 1. The van der Waals surface area contributed by atoms with E-state index in [4.69, 9.17) is 23.2 Å². The van der Waals surface area contributed by atoms with E-state index in [1.807, 2.05) is 13.8 Å². The third kappa shape index (κ3) is 5.70. The second-order valence-corrected chi connectivity index (χ2v) is 6.25. The molecule has 4 nitrogen and oxygen atoms in total. The van der Waals surface area contributed by atoms with Gasteiger partial charge in [0.15, 0.2) is 0 Å². The number of hydrogen-bond acceptors (Lipinski definition) is 2. The molecule has 0 heterocycles. The summed E-state index contributed by atoms with van der Waals surface area (Å²) in [5.74, 6) is -0.248. The number of rotatable bonds is 8. The summed E-state index contributed by atoms with van der Waals surface area (Å²) >= 11 is 12.4. The first kappa shape index (κ1) is 19.8. The van der Waals surface area contributed by atoms with E-state index in [0.29, 0.717) is 28.6 Å². The molecule has 0 aliphatic carbocycles. The molecular formula is C17H24Cl2N2O2. The Morgan fingerprint density at radius 2 is 1.78 bits per heavy atom. The first-order valence-electron chi connectivity index (χ1n) is 7.92. The van der Waals surface area contributed by atoms with E-state index < -0.39 is 6.04 Å². The van der Waals surface area contributed by atoms with Gasteiger partial charge in [0, 0.05) is 35.1 Å². The van der Waals surface area contributed by atoms with Gasteiger partial charge in [0.25, 0.3) is 0 Å². The number of hydrogen-bond donors (Lipinski definition) is 1. The summed E-state index contributed by atoms with van der Waals surface area (Å²) in [6.45, 7) is 6.45. The zero-order valence-electron chi connectivity index (χ0n) is 13.9. The fourth-order valence-corrected chi connectivity index (χ4v) is 2.71. The standard InChI is InChI=1S/C17H24Cl2N2O2/c1-4-7-16(22)21(12(3)17(23)20-10-5-2)11-13-14(18)8-6-9-15(13)19/h6,8-9,12H,4-5,7,10-11H2,1-3H3,(H,20,23)/t12-/m1/s1. The van der Waals surface area contributed by atoms with Crippen LogP contribution < -0.4 is 5.32 Å². The topological polar surface area (TPSA) is 49.4 Å². The second-order valence-electron chi connectivity index (χ2n) is 5.44. The van der Waals surface area contributed by atoms with Gasteiger partial charge in [0.05, 0.1) is 0 Å². The van der Waals surface area contributed by atoms with E-state index >= 15 is 0 Å². The summed E-state index contributed by atoms with van der Waals surface area (Å²) in [5.41, 5.74) is 0.662. The van der Waals surface area contributed by atoms with Crippen LogP contribution in [0.2, 0.25) is 10.0 Å². The van der Waals surface area contributed by atoms with Gasteiger partial charge in [0.2, 0.25) is 11.8 Å². The maximum atomic E-state index is 12.4. The summed E-state index contributed by atoms with van der Waals surface area (Å²) in [4.78, 5) is 26.2. The van der Waals surface area contributed by atoms with Crippen molar-refractivity contribution in [2.75, 3.05) is 6.54 Å². The number of halogens is 2. The lowest BCUT2D eigenvalue weighted by Crippen LogP contribution is -2.47. The highest BCUT2D eigenvalue weighted by atomic mass is 35.5. The number of carbonyl (C=O) groups is 2. The molecule has 0 aliphatic rings. The molecule has 1 atom stereocenters. The van der Waals surface area contributed by atoms with Crippen molar-refractivity contribution in [2.45, 2.75) is 52.6 Å². The van der Waals surface area contributed by atoms with Crippen molar-refractivity contribution in [3.63, 3.8) is 0 Å².